The number of imidazole rings is 1. The predicted molar refractivity (Wildman–Crippen MR) is 127 cm³/mol. The summed E-state index contributed by atoms with van der Waals surface area (Å²) in [5.74, 6) is 2.25. The molecule has 8 heteroatoms. The fourth-order valence-electron chi connectivity index (χ4n) is 2.95. The second-order valence-corrected chi connectivity index (χ2v) is 6.35. The van der Waals surface area contributed by atoms with Gasteiger partial charge in [-0.1, -0.05) is 6.07 Å². The summed E-state index contributed by atoms with van der Waals surface area (Å²) >= 11 is 0. The SMILES string of the molecule is CCNC(=NCc1ccc(OC)cc1OC)NCc1cn2c(C)cccc2n1.I. The smallest absolute Gasteiger partial charge is 0.191 e. The van der Waals surface area contributed by atoms with Gasteiger partial charge in [-0.2, -0.15) is 0 Å². The van der Waals surface area contributed by atoms with E-state index in [1.807, 2.05) is 43.5 Å². The molecule has 0 bridgehead atoms. The second-order valence-electron chi connectivity index (χ2n) is 6.35. The molecular formula is C21H28IN5O2. The number of ether oxygens (including phenoxy) is 2. The number of aromatic nitrogens is 2. The van der Waals surface area contributed by atoms with Gasteiger partial charge < -0.3 is 24.5 Å². The summed E-state index contributed by atoms with van der Waals surface area (Å²) < 4.78 is 12.8. The van der Waals surface area contributed by atoms with E-state index >= 15 is 0 Å². The highest BCUT2D eigenvalue weighted by Crippen LogP contribution is 2.25. The quantitative estimate of drug-likeness (QED) is 0.290. The number of nitrogens with one attached hydrogen (secondary N) is 2. The lowest BCUT2D eigenvalue weighted by Gasteiger charge is -2.12. The molecule has 29 heavy (non-hydrogen) atoms. The number of aliphatic imine (C=N–C) groups is 1. The molecule has 2 N–H and O–H groups in total. The molecule has 0 radical (unpaired) electrons. The number of hydrogen-bond acceptors (Lipinski definition) is 4. The molecule has 0 saturated heterocycles. The minimum atomic E-state index is 0. The van der Waals surface area contributed by atoms with E-state index in [9.17, 15) is 0 Å². The first-order valence-corrected chi connectivity index (χ1v) is 9.31. The van der Waals surface area contributed by atoms with Gasteiger partial charge in [0.15, 0.2) is 5.96 Å². The van der Waals surface area contributed by atoms with Crippen LogP contribution in [0.25, 0.3) is 5.65 Å². The Morgan fingerprint density at radius 2 is 1.97 bits per heavy atom. The van der Waals surface area contributed by atoms with Crippen LogP contribution in [0.2, 0.25) is 0 Å². The molecule has 2 aromatic heterocycles. The van der Waals surface area contributed by atoms with Gasteiger partial charge in [0.2, 0.25) is 0 Å². The molecule has 0 amide bonds. The summed E-state index contributed by atoms with van der Waals surface area (Å²) in [6, 6.07) is 11.8. The van der Waals surface area contributed by atoms with Gasteiger partial charge in [0.25, 0.3) is 0 Å². The van der Waals surface area contributed by atoms with Crippen LogP contribution in [0.3, 0.4) is 0 Å². The van der Waals surface area contributed by atoms with Crippen LogP contribution >= 0.6 is 24.0 Å². The molecule has 3 rings (SSSR count). The number of fused-ring (bicyclic) bond motifs is 1. The van der Waals surface area contributed by atoms with Crippen molar-refractivity contribution in [2.24, 2.45) is 4.99 Å². The van der Waals surface area contributed by atoms with Gasteiger partial charge in [0, 0.05) is 30.1 Å². The maximum absolute atomic E-state index is 5.45. The summed E-state index contributed by atoms with van der Waals surface area (Å²) in [4.78, 5) is 9.33. The van der Waals surface area contributed by atoms with E-state index in [4.69, 9.17) is 9.47 Å². The monoisotopic (exact) mass is 509 g/mol. The highest BCUT2D eigenvalue weighted by molar-refractivity contribution is 14.0. The van der Waals surface area contributed by atoms with Crippen molar-refractivity contribution in [3.63, 3.8) is 0 Å². The molecule has 0 atom stereocenters. The van der Waals surface area contributed by atoms with E-state index in [1.54, 1.807) is 14.2 Å². The highest BCUT2D eigenvalue weighted by atomic mass is 127. The Labute approximate surface area is 188 Å². The molecule has 0 aliphatic heterocycles. The lowest BCUT2D eigenvalue weighted by atomic mass is 10.2. The number of hydrogen-bond donors (Lipinski definition) is 2. The minimum Gasteiger partial charge on any atom is -0.497 e. The molecule has 0 saturated carbocycles. The fourth-order valence-corrected chi connectivity index (χ4v) is 2.95. The van der Waals surface area contributed by atoms with Crippen LogP contribution in [-0.4, -0.2) is 36.1 Å². The van der Waals surface area contributed by atoms with E-state index in [0.29, 0.717) is 13.1 Å². The largest absolute Gasteiger partial charge is 0.497 e. The Balaban J connectivity index is 0.00000300. The van der Waals surface area contributed by atoms with Crippen LogP contribution in [-0.2, 0) is 13.1 Å². The van der Waals surface area contributed by atoms with Crippen LogP contribution in [0, 0.1) is 6.92 Å². The Bertz CT molecular complexity index is 971. The van der Waals surface area contributed by atoms with Crippen molar-refractivity contribution in [2.45, 2.75) is 26.9 Å². The molecule has 2 heterocycles. The number of nitrogens with zero attached hydrogens (tertiary/aromatic N) is 3. The normalized spacial score (nSPS) is 11.1. The molecule has 156 valence electrons. The van der Waals surface area contributed by atoms with Crippen molar-refractivity contribution >= 4 is 35.6 Å². The number of benzene rings is 1. The first kappa shape index (κ1) is 22.8. The summed E-state index contributed by atoms with van der Waals surface area (Å²) in [6.45, 7) is 5.97. The fraction of sp³-hybridized carbons (Fsp3) is 0.333. The summed E-state index contributed by atoms with van der Waals surface area (Å²) in [5.41, 5.74) is 4.05. The van der Waals surface area contributed by atoms with Crippen LogP contribution in [0.4, 0.5) is 0 Å². The molecule has 1 aromatic carbocycles. The Morgan fingerprint density at radius 3 is 2.66 bits per heavy atom. The lowest BCUT2D eigenvalue weighted by Crippen LogP contribution is -2.36. The minimum absolute atomic E-state index is 0. The van der Waals surface area contributed by atoms with Gasteiger partial charge in [-0.25, -0.2) is 9.98 Å². The molecule has 0 aliphatic carbocycles. The Kier molecular flexibility index (Phi) is 8.56. The molecule has 3 aromatic rings. The number of guanidine groups is 1. The van der Waals surface area contributed by atoms with Gasteiger partial charge >= 0.3 is 0 Å². The average molecular weight is 509 g/mol. The number of methoxy groups -OCH3 is 2. The molecule has 0 unspecified atom stereocenters. The maximum atomic E-state index is 5.45. The van der Waals surface area contributed by atoms with Gasteiger partial charge in [-0.05, 0) is 38.1 Å². The van der Waals surface area contributed by atoms with E-state index in [0.717, 1.165) is 46.6 Å². The maximum Gasteiger partial charge on any atom is 0.191 e. The third-order valence-electron chi connectivity index (χ3n) is 4.43. The second kappa shape index (κ2) is 10.9. The topological polar surface area (TPSA) is 72.2 Å². The molecule has 0 aliphatic rings. The van der Waals surface area contributed by atoms with Gasteiger partial charge in [0.05, 0.1) is 33.0 Å². The number of halogens is 1. The lowest BCUT2D eigenvalue weighted by molar-refractivity contribution is 0.391. The Morgan fingerprint density at radius 1 is 1.14 bits per heavy atom. The van der Waals surface area contributed by atoms with E-state index in [-0.39, 0.29) is 24.0 Å². The highest BCUT2D eigenvalue weighted by Gasteiger charge is 2.07. The van der Waals surface area contributed by atoms with Crippen molar-refractivity contribution in [1.82, 2.24) is 20.0 Å². The number of aryl methyl sites for hydroxylation is 1. The van der Waals surface area contributed by atoms with E-state index in [2.05, 4.69) is 38.0 Å². The number of pyridine rings is 1. The van der Waals surface area contributed by atoms with Crippen LogP contribution in [0.5, 0.6) is 11.5 Å². The van der Waals surface area contributed by atoms with Crippen LogP contribution in [0.1, 0.15) is 23.9 Å². The molecule has 0 spiro atoms. The van der Waals surface area contributed by atoms with Crippen molar-refractivity contribution in [1.29, 1.82) is 0 Å². The van der Waals surface area contributed by atoms with Crippen LogP contribution in [0.15, 0.2) is 47.6 Å². The molecule has 7 nitrogen and oxygen atoms in total. The first-order valence-electron chi connectivity index (χ1n) is 9.31. The van der Waals surface area contributed by atoms with Crippen LogP contribution < -0.4 is 20.1 Å². The van der Waals surface area contributed by atoms with Gasteiger partial charge in [-0.3, -0.25) is 0 Å². The third kappa shape index (κ3) is 5.75. The Hall–Kier alpha value is -2.49. The molecular weight excluding hydrogens is 481 g/mol. The average Bonchev–Trinajstić information content (AvgIpc) is 3.14. The summed E-state index contributed by atoms with van der Waals surface area (Å²) in [5, 5.41) is 6.61. The van der Waals surface area contributed by atoms with Gasteiger partial charge in [-0.15, -0.1) is 24.0 Å². The predicted octanol–water partition coefficient (Wildman–Crippen LogP) is 3.53. The number of rotatable bonds is 7. The molecule has 0 fully saturated rings. The first-order chi connectivity index (χ1) is 13.6. The summed E-state index contributed by atoms with van der Waals surface area (Å²) in [6.07, 6.45) is 2.05. The van der Waals surface area contributed by atoms with Crippen molar-refractivity contribution in [2.75, 3.05) is 20.8 Å². The standard InChI is InChI=1S/C21H27N5O2.HI/c1-5-22-21(23-12-16-9-10-18(27-3)11-19(16)28-4)24-13-17-14-26-15(2)7-6-8-20(26)25-17;/h6-11,14H,5,12-13H2,1-4H3,(H2,22,23,24);1H. The van der Waals surface area contributed by atoms with E-state index in [1.165, 1.54) is 0 Å². The zero-order valence-corrected chi connectivity index (χ0v) is 19.6. The zero-order chi connectivity index (χ0) is 19.9. The third-order valence-corrected chi connectivity index (χ3v) is 4.43. The zero-order valence-electron chi connectivity index (χ0n) is 17.2. The van der Waals surface area contributed by atoms with Crippen molar-refractivity contribution in [3.8, 4) is 11.5 Å². The van der Waals surface area contributed by atoms with E-state index < -0.39 is 0 Å². The van der Waals surface area contributed by atoms with Gasteiger partial charge in [0.1, 0.15) is 17.1 Å². The summed E-state index contributed by atoms with van der Waals surface area (Å²) in [7, 11) is 3.29. The van der Waals surface area contributed by atoms with Crippen molar-refractivity contribution in [3.05, 3.63) is 59.5 Å². The van der Waals surface area contributed by atoms with Crippen molar-refractivity contribution < 1.29 is 9.47 Å².